The predicted molar refractivity (Wildman–Crippen MR) is 105 cm³/mol. The molecule has 1 N–H and O–H groups in total. The third kappa shape index (κ3) is 4.68. The summed E-state index contributed by atoms with van der Waals surface area (Å²) in [6.45, 7) is 2.53. The molecule has 0 fully saturated rings. The van der Waals surface area contributed by atoms with Crippen molar-refractivity contribution in [1.82, 2.24) is 9.78 Å². The zero-order chi connectivity index (χ0) is 21.0. The molecular formula is C20H19F2N3O3S. The molecule has 0 aliphatic rings. The van der Waals surface area contributed by atoms with Crippen molar-refractivity contribution in [3.63, 3.8) is 0 Å². The van der Waals surface area contributed by atoms with Gasteiger partial charge in [0.05, 0.1) is 17.6 Å². The SMILES string of the molecule is CCc1ccc(Cn2nccc2NC(=O)c2ccc(S(=O)(=O)C(F)F)cc2)cc1. The fourth-order valence-corrected chi connectivity index (χ4v) is 3.43. The number of carbonyl (C=O) groups is 1. The van der Waals surface area contributed by atoms with Gasteiger partial charge in [-0.15, -0.1) is 0 Å². The Bertz CT molecular complexity index is 1090. The number of aromatic nitrogens is 2. The van der Waals surface area contributed by atoms with Gasteiger partial charge in [0.2, 0.25) is 9.84 Å². The van der Waals surface area contributed by atoms with E-state index in [0.29, 0.717) is 12.4 Å². The largest absolute Gasteiger partial charge is 0.341 e. The van der Waals surface area contributed by atoms with Crippen LogP contribution >= 0.6 is 0 Å². The van der Waals surface area contributed by atoms with Crippen molar-refractivity contribution >= 4 is 21.6 Å². The molecule has 1 aromatic heterocycles. The van der Waals surface area contributed by atoms with E-state index in [9.17, 15) is 22.0 Å². The predicted octanol–water partition coefficient (Wildman–Crippen LogP) is 3.74. The van der Waals surface area contributed by atoms with E-state index in [1.165, 1.54) is 17.7 Å². The third-order valence-corrected chi connectivity index (χ3v) is 5.80. The van der Waals surface area contributed by atoms with Gasteiger partial charge in [0.15, 0.2) is 0 Å². The van der Waals surface area contributed by atoms with E-state index in [2.05, 4.69) is 17.3 Å². The lowest BCUT2D eigenvalue weighted by Gasteiger charge is -2.10. The first-order valence-electron chi connectivity index (χ1n) is 8.84. The summed E-state index contributed by atoms with van der Waals surface area (Å²) < 4.78 is 49.7. The number of nitrogens with one attached hydrogen (secondary N) is 1. The lowest BCUT2D eigenvalue weighted by atomic mass is 10.1. The lowest BCUT2D eigenvalue weighted by Crippen LogP contribution is -2.17. The second kappa shape index (κ2) is 8.52. The highest BCUT2D eigenvalue weighted by Gasteiger charge is 2.26. The summed E-state index contributed by atoms with van der Waals surface area (Å²) in [5.41, 5.74) is 2.38. The van der Waals surface area contributed by atoms with Crippen LogP contribution in [0.1, 0.15) is 28.4 Å². The first-order valence-corrected chi connectivity index (χ1v) is 10.4. The van der Waals surface area contributed by atoms with Gasteiger partial charge in [-0.05, 0) is 41.8 Å². The van der Waals surface area contributed by atoms with Gasteiger partial charge >= 0.3 is 5.76 Å². The number of carbonyl (C=O) groups excluding carboxylic acids is 1. The van der Waals surface area contributed by atoms with Gasteiger partial charge in [-0.2, -0.15) is 13.9 Å². The van der Waals surface area contributed by atoms with Gasteiger partial charge in [-0.3, -0.25) is 4.79 Å². The minimum Gasteiger partial charge on any atom is -0.307 e. The summed E-state index contributed by atoms with van der Waals surface area (Å²) in [7, 11) is -4.69. The van der Waals surface area contributed by atoms with Crippen LogP contribution in [-0.4, -0.2) is 29.9 Å². The maximum absolute atomic E-state index is 12.6. The molecule has 1 heterocycles. The van der Waals surface area contributed by atoms with Crippen molar-refractivity contribution in [3.8, 4) is 0 Å². The number of hydrogen-bond acceptors (Lipinski definition) is 4. The van der Waals surface area contributed by atoms with Crippen molar-refractivity contribution < 1.29 is 22.0 Å². The average Bonchev–Trinajstić information content (AvgIpc) is 3.15. The van der Waals surface area contributed by atoms with Gasteiger partial charge in [0.1, 0.15) is 5.82 Å². The van der Waals surface area contributed by atoms with Gasteiger partial charge in [0.25, 0.3) is 5.91 Å². The van der Waals surface area contributed by atoms with E-state index >= 15 is 0 Å². The molecule has 0 unspecified atom stereocenters. The molecule has 0 saturated heterocycles. The molecule has 0 radical (unpaired) electrons. The number of alkyl halides is 2. The highest BCUT2D eigenvalue weighted by atomic mass is 32.2. The van der Waals surface area contributed by atoms with Gasteiger partial charge in [-0.25, -0.2) is 13.1 Å². The Hall–Kier alpha value is -3.07. The van der Waals surface area contributed by atoms with E-state index in [0.717, 1.165) is 24.1 Å². The molecule has 9 heteroatoms. The Balaban J connectivity index is 1.72. The lowest BCUT2D eigenvalue weighted by molar-refractivity contribution is 0.102. The normalized spacial score (nSPS) is 11.6. The van der Waals surface area contributed by atoms with Crippen LogP contribution in [0, 0.1) is 0 Å². The molecule has 0 saturated carbocycles. The Morgan fingerprint density at radius 3 is 2.24 bits per heavy atom. The van der Waals surface area contributed by atoms with E-state index < -0.39 is 26.4 Å². The maximum atomic E-state index is 12.6. The number of anilines is 1. The molecule has 0 aliphatic carbocycles. The smallest absolute Gasteiger partial charge is 0.307 e. The van der Waals surface area contributed by atoms with Crippen molar-refractivity contribution in [3.05, 3.63) is 77.5 Å². The van der Waals surface area contributed by atoms with E-state index in [1.807, 2.05) is 24.3 Å². The van der Waals surface area contributed by atoms with Crippen molar-refractivity contribution in [2.24, 2.45) is 0 Å². The summed E-state index contributed by atoms with van der Waals surface area (Å²) in [6, 6.07) is 14.0. The second-order valence-corrected chi connectivity index (χ2v) is 8.25. The van der Waals surface area contributed by atoms with Crippen LogP contribution in [0.5, 0.6) is 0 Å². The number of rotatable bonds is 7. The topological polar surface area (TPSA) is 81.1 Å². The molecule has 0 atom stereocenters. The van der Waals surface area contributed by atoms with Crippen LogP contribution in [-0.2, 0) is 22.8 Å². The quantitative estimate of drug-likeness (QED) is 0.633. The highest BCUT2D eigenvalue weighted by Crippen LogP contribution is 2.19. The molecule has 0 spiro atoms. The summed E-state index contributed by atoms with van der Waals surface area (Å²) in [4.78, 5) is 11.9. The molecule has 3 rings (SSSR count). The van der Waals surface area contributed by atoms with Crippen LogP contribution < -0.4 is 5.32 Å². The van der Waals surface area contributed by atoms with Gasteiger partial charge in [0, 0.05) is 11.6 Å². The zero-order valence-electron chi connectivity index (χ0n) is 15.5. The third-order valence-electron chi connectivity index (χ3n) is 4.40. The Kier molecular flexibility index (Phi) is 6.07. The number of halogens is 2. The summed E-state index contributed by atoms with van der Waals surface area (Å²) in [5, 5.41) is 6.90. The molecular weight excluding hydrogens is 400 g/mol. The molecule has 0 bridgehead atoms. The van der Waals surface area contributed by atoms with Crippen molar-refractivity contribution in [2.45, 2.75) is 30.5 Å². The average molecular weight is 419 g/mol. The fourth-order valence-electron chi connectivity index (χ4n) is 2.71. The van der Waals surface area contributed by atoms with Gasteiger partial charge < -0.3 is 5.32 Å². The van der Waals surface area contributed by atoms with E-state index in [4.69, 9.17) is 0 Å². The summed E-state index contributed by atoms with van der Waals surface area (Å²) in [5.74, 6) is -3.56. The van der Waals surface area contributed by atoms with Crippen molar-refractivity contribution in [2.75, 3.05) is 5.32 Å². The van der Waals surface area contributed by atoms with E-state index in [-0.39, 0.29) is 5.56 Å². The number of nitrogens with zero attached hydrogens (tertiary/aromatic N) is 2. The van der Waals surface area contributed by atoms with Crippen molar-refractivity contribution in [1.29, 1.82) is 0 Å². The highest BCUT2D eigenvalue weighted by molar-refractivity contribution is 7.91. The second-order valence-electron chi connectivity index (χ2n) is 6.33. The molecule has 0 aliphatic heterocycles. The summed E-state index contributed by atoms with van der Waals surface area (Å²) >= 11 is 0. The molecule has 152 valence electrons. The van der Waals surface area contributed by atoms with E-state index in [1.54, 1.807) is 16.9 Å². The van der Waals surface area contributed by atoms with Crippen LogP contribution in [0.4, 0.5) is 14.6 Å². The number of hydrogen-bond donors (Lipinski definition) is 1. The Morgan fingerprint density at radius 1 is 1.03 bits per heavy atom. The minimum atomic E-state index is -4.69. The van der Waals surface area contributed by atoms with Gasteiger partial charge in [-0.1, -0.05) is 31.2 Å². The summed E-state index contributed by atoms with van der Waals surface area (Å²) in [6.07, 6.45) is 2.50. The molecule has 2 aromatic carbocycles. The monoisotopic (exact) mass is 419 g/mol. The Morgan fingerprint density at radius 2 is 1.66 bits per heavy atom. The number of aryl methyl sites for hydroxylation is 1. The molecule has 29 heavy (non-hydrogen) atoms. The Labute approximate surface area is 167 Å². The number of amides is 1. The fraction of sp³-hybridized carbons (Fsp3) is 0.200. The molecule has 6 nitrogen and oxygen atoms in total. The number of sulfone groups is 1. The molecule has 1 amide bonds. The molecule has 3 aromatic rings. The van der Waals surface area contributed by atoms with Crippen LogP contribution in [0.3, 0.4) is 0 Å². The maximum Gasteiger partial charge on any atom is 0.341 e. The first-order chi connectivity index (χ1) is 13.8. The first kappa shape index (κ1) is 20.7. The number of benzene rings is 2. The standard InChI is InChI=1S/C20H19F2N3O3S/c1-2-14-3-5-15(6-4-14)13-25-18(11-12-23-25)24-19(26)16-7-9-17(10-8-16)29(27,28)20(21)22/h3-12,20H,2,13H2,1H3,(H,24,26). The minimum absolute atomic E-state index is 0.137. The zero-order valence-corrected chi connectivity index (χ0v) is 16.4. The van der Waals surface area contributed by atoms with Crippen LogP contribution in [0.2, 0.25) is 0 Å². The van der Waals surface area contributed by atoms with Crippen LogP contribution in [0.25, 0.3) is 0 Å². The van der Waals surface area contributed by atoms with Crippen LogP contribution in [0.15, 0.2) is 65.7 Å².